The second-order valence-electron chi connectivity index (χ2n) is 4.76. The van der Waals surface area contributed by atoms with Crippen LogP contribution in [-0.4, -0.2) is 15.0 Å². The minimum absolute atomic E-state index is 0.848. The van der Waals surface area contributed by atoms with Gasteiger partial charge in [0.2, 0.25) is 0 Å². The van der Waals surface area contributed by atoms with Gasteiger partial charge in [0, 0.05) is 11.4 Å². The summed E-state index contributed by atoms with van der Waals surface area (Å²) in [6.45, 7) is 6.21. The number of H-pyrrole nitrogens is 1. The van der Waals surface area contributed by atoms with Crippen LogP contribution in [0.15, 0.2) is 30.6 Å². The largest absolute Gasteiger partial charge is 0.343 e. The molecule has 3 rings (SSSR count). The second kappa shape index (κ2) is 4.39. The van der Waals surface area contributed by atoms with Gasteiger partial charge in [0.15, 0.2) is 0 Å². The Labute approximate surface area is 111 Å². The fraction of sp³-hybridized carbons (Fsp3) is 0.200. The number of aryl methyl sites for hydroxylation is 3. The Kier molecular flexibility index (Phi) is 2.71. The second-order valence-corrected chi connectivity index (χ2v) is 4.76. The van der Waals surface area contributed by atoms with Gasteiger partial charge < -0.3 is 10.3 Å². The zero-order valence-corrected chi connectivity index (χ0v) is 11.3. The van der Waals surface area contributed by atoms with Gasteiger partial charge in [-0.15, -0.1) is 0 Å². The molecule has 0 atom stereocenters. The van der Waals surface area contributed by atoms with Crippen LogP contribution in [0, 0.1) is 20.8 Å². The lowest BCUT2D eigenvalue weighted by molar-refractivity contribution is 1.18. The molecule has 19 heavy (non-hydrogen) atoms. The highest BCUT2D eigenvalue weighted by Crippen LogP contribution is 2.28. The van der Waals surface area contributed by atoms with Crippen LogP contribution in [0.2, 0.25) is 0 Å². The van der Waals surface area contributed by atoms with Crippen LogP contribution in [0.25, 0.3) is 11.0 Å². The quantitative estimate of drug-likeness (QED) is 0.732. The van der Waals surface area contributed by atoms with E-state index < -0.39 is 0 Å². The molecule has 3 aromatic rings. The summed E-state index contributed by atoms with van der Waals surface area (Å²) < 4.78 is 0. The maximum Gasteiger partial charge on any atom is 0.143 e. The standard InChI is InChI=1S/C15H16N4/c1-9-6-4-5-7-12(9)19-15-13-10(2)11(3)18-14(13)16-8-17-15/h4-8H,1-3H3,(H2,16,17,18,19). The molecule has 0 fully saturated rings. The maximum absolute atomic E-state index is 4.38. The van der Waals surface area contributed by atoms with Crippen LogP contribution in [0.4, 0.5) is 11.5 Å². The summed E-state index contributed by atoms with van der Waals surface area (Å²) in [5.74, 6) is 0.848. The average molecular weight is 252 g/mol. The molecule has 0 aliphatic heterocycles. The summed E-state index contributed by atoms with van der Waals surface area (Å²) in [7, 11) is 0. The van der Waals surface area contributed by atoms with Crippen LogP contribution < -0.4 is 5.32 Å². The number of fused-ring (bicyclic) bond motifs is 1. The van der Waals surface area contributed by atoms with E-state index in [9.17, 15) is 0 Å². The van der Waals surface area contributed by atoms with Crippen molar-refractivity contribution >= 4 is 22.5 Å². The van der Waals surface area contributed by atoms with Crippen molar-refractivity contribution in [1.82, 2.24) is 15.0 Å². The van der Waals surface area contributed by atoms with Crippen molar-refractivity contribution < 1.29 is 0 Å². The Morgan fingerprint density at radius 1 is 1.05 bits per heavy atom. The van der Waals surface area contributed by atoms with Gasteiger partial charge in [-0.1, -0.05) is 18.2 Å². The molecule has 2 N–H and O–H groups in total. The third-order valence-corrected chi connectivity index (χ3v) is 3.49. The zero-order valence-electron chi connectivity index (χ0n) is 11.3. The van der Waals surface area contributed by atoms with Gasteiger partial charge in [-0.25, -0.2) is 9.97 Å². The van der Waals surface area contributed by atoms with E-state index >= 15 is 0 Å². The Morgan fingerprint density at radius 3 is 2.63 bits per heavy atom. The number of aromatic nitrogens is 3. The molecular weight excluding hydrogens is 236 g/mol. The number of rotatable bonds is 2. The maximum atomic E-state index is 4.38. The fourth-order valence-corrected chi connectivity index (χ4v) is 2.23. The van der Waals surface area contributed by atoms with Crippen LogP contribution in [-0.2, 0) is 0 Å². The van der Waals surface area contributed by atoms with Gasteiger partial charge in [-0.2, -0.15) is 0 Å². The van der Waals surface area contributed by atoms with E-state index in [1.165, 1.54) is 11.1 Å². The van der Waals surface area contributed by atoms with Gasteiger partial charge in [0.25, 0.3) is 0 Å². The lowest BCUT2D eigenvalue weighted by Gasteiger charge is -2.09. The predicted octanol–water partition coefficient (Wildman–Crippen LogP) is 3.63. The number of para-hydroxylation sites is 1. The van der Waals surface area contributed by atoms with Crippen molar-refractivity contribution in [3.63, 3.8) is 0 Å². The first-order valence-corrected chi connectivity index (χ1v) is 6.29. The molecule has 0 saturated carbocycles. The first kappa shape index (κ1) is 11.7. The SMILES string of the molecule is Cc1ccccc1Nc1ncnc2[nH]c(C)c(C)c12. The molecule has 0 unspecified atom stereocenters. The lowest BCUT2D eigenvalue weighted by Crippen LogP contribution is -1.97. The number of nitrogens with one attached hydrogen (secondary N) is 2. The number of anilines is 2. The molecule has 0 bridgehead atoms. The van der Waals surface area contributed by atoms with E-state index in [0.717, 1.165) is 28.2 Å². The van der Waals surface area contributed by atoms with Gasteiger partial charge in [0.05, 0.1) is 5.39 Å². The van der Waals surface area contributed by atoms with Gasteiger partial charge in [0.1, 0.15) is 17.8 Å². The van der Waals surface area contributed by atoms with Crippen LogP contribution in [0.1, 0.15) is 16.8 Å². The molecule has 2 heterocycles. The monoisotopic (exact) mass is 252 g/mol. The smallest absolute Gasteiger partial charge is 0.143 e. The molecule has 1 aromatic carbocycles. The molecule has 4 heteroatoms. The number of hydrogen-bond donors (Lipinski definition) is 2. The number of benzene rings is 1. The highest BCUT2D eigenvalue weighted by molar-refractivity contribution is 5.92. The van der Waals surface area contributed by atoms with Gasteiger partial charge in [-0.3, -0.25) is 0 Å². The van der Waals surface area contributed by atoms with Gasteiger partial charge >= 0.3 is 0 Å². The summed E-state index contributed by atoms with van der Waals surface area (Å²) in [4.78, 5) is 11.9. The third-order valence-electron chi connectivity index (χ3n) is 3.49. The Morgan fingerprint density at radius 2 is 1.84 bits per heavy atom. The average Bonchev–Trinajstić information content (AvgIpc) is 2.69. The predicted molar refractivity (Wildman–Crippen MR) is 77.8 cm³/mol. The minimum Gasteiger partial charge on any atom is -0.343 e. The topological polar surface area (TPSA) is 53.6 Å². The molecule has 0 aliphatic carbocycles. The van der Waals surface area contributed by atoms with E-state index in [2.05, 4.69) is 53.2 Å². The molecule has 0 amide bonds. The molecule has 2 aromatic heterocycles. The van der Waals surface area contributed by atoms with Crippen molar-refractivity contribution in [2.45, 2.75) is 20.8 Å². The summed E-state index contributed by atoms with van der Waals surface area (Å²) in [6, 6.07) is 8.18. The molecule has 0 spiro atoms. The lowest BCUT2D eigenvalue weighted by atomic mass is 10.2. The first-order valence-electron chi connectivity index (χ1n) is 6.29. The number of hydrogen-bond acceptors (Lipinski definition) is 3. The molecule has 0 aliphatic rings. The van der Waals surface area contributed by atoms with E-state index in [1.807, 2.05) is 12.1 Å². The van der Waals surface area contributed by atoms with Gasteiger partial charge in [-0.05, 0) is 38.0 Å². The third kappa shape index (κ3) is 1.95. The molecule has 96 valence electrons. The summed E-state index contributed by atoms with van der Waals surface area (Å²) in [5, 5.41) is 4.46. The zero-order chi connectivity index (χ0) is 13.4. The molecule has 0 saturated heterocycles. The van der Waals surface area contributed by atoms with Crippen LogP contribution in [0.5, 0.6) is 0 Å². The van der Waals surface area contributed by atoms with Crippen molar-refractivity contribution in [3.05, 3.63) is 47.4 Å². The van der Waals surface area contributed by atoms with Crippen LogP contribution in [0.3, 0.4) is 0 Å². The van der Waals surface area contributed by atoms with E-state index in [-0.39, 0.29) is 0 Å². The van der Waals surface area contributed by atoms with E-state index in [4.69, 9.17) is 0 Å². The Balaban J connectivity index is 2.13. The number of aromatic amines is 1. The molecule has 0 radical (unpaired) electrons. The van der Waals surface area contributed by atoms with Crippen molar-refractivity contribution in [2.75, 3.05) is 5.32 Å². The van der Waals surface area contributed by atoms with E-state index in [0.29, 0.717) is 0 Å². The van der Waals surface area contributed by atoms with Crippen molar-refractivity contribution in [3.8, 4) is 0 Å². The van der Waals surface area contributed by atoms with Crippen molar-refractivity contribution in [1.29, 1.82) is 0 Å². The fourth-order valence-electron chi connectivity index (χ4n) is 2.23. The molecule has 4 nitrogen and oxygen atoms in total. The normalized spacial score (nSPS) is 10.9. The molecular formula is C15H16N4. The Hall–Kier alpha value is -2.36. The van der Waals surface area contributed by atoms with E-state index in [1.54, 1.807) is 6.33 Å². The number of nitrogens with zero attached hydrogens (tertiary/aromatic N) is 2. The Bertz CT molecular complexity index is 743. The summed E-state index contributed by atoms with van der Waals surface area (Å²) in [5.41, 5.74) is 5.45. The summed E-state index contributed by atoms with van der Waals surface area (Å²) in [6.07, 6.45) is 1.58. The highest BCUT2D eigenvalue weighted by Gasteiger charge is 2.11. The van der Waals surface area contributed by atoms with Crippen molar-refractivity contribution in [2.24, 2.45) is 0 Å². The minimum atomic E-state index is 0.848. The van der Waals surface area contributed by atoms with Crippen LogP contribution >= 0.6 is 0 Å². The summed E-state index contributed by atoms with van der Waals surface area (Å²) >= 11 is 0. The first-order chi connectivity index (χ1) is 9.16. The highest BCUT2D eigenvalue weighted by atomic mass is 15.0.